The largest absolute Gasteiger partial charge is 0.376 e. The number of nitrogens with one attached hydrogen (secondary N) is 1. The summed E-state index contributed by atoms with van der Waals surface area (Å²) in [5.41, 5.74) is 8.04. The highest BCUT2D eigenvalue weighted by Gasteiger charge is 2.26. The van der Waals surface area contributed by atoms with Crippen molar-refractivity contribution in [2.75, 3.05) is 18.4 Å². The zero-order valence-corrected chi connectivity index (χ0v) is 19.8. The summed E-state index contributed by atoms with van der Waals surface area (Å²) in [6, 6.07) is 11.8. The smallest absolute Gasteiger partial charge is 0.288 e. The Kier molecular flexibility index (Phi) is 6.87. The summed E-state index contributed by atoms with van der Waals surface area (Å²) < 4.78 is 0. The molecule has 8 nitrogen and oxygen atoms in total. The van der Waals surface area contributed by atoms with Gasteiger partial charge < -0.3 is 16.0 Å². The highest BCUT2D eigenvalue weighted by molar-refractivity contribution is 7.80. The summed E-state index contributed by atoms with van der Waals surface area (Å²) in [6.07, 6.45) is 1.61. The van der Waals surface area contributed by atoms with Gasteiger partial charge in [-0.3, -0.25) is 14.9 Å². The molecule has 0 atom stereocenters. The second kappa shape index (κ2) is 9.82. The number of nitro groups is 1. The Morgan fingerprint density at radius 1 is 1.24 bits per heavy atom. The van der Waals surface area contributed by atoms with E-state index in [-0.39, 0.29) is 27.6 Å². The number of thiocarbonyl (C=S) groups is 1. The third kappa shape index (κ3) is 5.29. The standard InChI is InChI=1S/C22H20ClN5O3S2/c23-17-6-3-15(11-19(17)28(30)31)18-12-33-20(26-18)13-7-9-27(10-8-13)21(29)14-1-4-16(5-2-14)25-22(24)32/h1-6,11-13H,7-10H2,(H3,24,25,32). The number of nitro benzene ring substituents is 1. The first-order chi connectivity index (χ1) is 15.8. The number of nitrogens with zero attached hydrogens (tertiary/aromatic N) is 3. The minimum absolute atomic E-state index is 0.0105. The third-order valence-corrected chi connectivity index (χ3v) is 6.92. The van der Waals surface area contributed by atoms with Crippen molar-refractivity contribution in [2.45, 2.75) is 18.8 Å². The maximum Gasteiger partial charge on any atom is 0.288 e. The number of halogens is 1. The fourth-order valence-electron chi connectivity index (χ4n) is 3.77. The van der Waals surface area contributed by atoms with Gasteiger partial charge in [-0.1, -0.05) is 17.7 Å². The van der Waals surface area contributed by atoms with E-state index in [9.17, 15) is 14.9 Å². The Hall–Kier alpha value is -3.08. The highest BCUT2D eigenvalue weighted by atomic mass is 35.5. The fraction of sp³-hybridized carbons (Fsp3) is 0.227. The summed E-state index contributed by atoms with van der Waals surface area (Å²) in [6.45, 7) is 1.27. The van der Waals surface area contributed by atoms with Crippen molar-refractivity contribution in [3.8, 4) is 11.3 Å². The first-order valence-corrected chi connectivity index (χ1v) is 11.8. The summed E-state index contributed by atoms with van der Waals surface area (Å²) in [5.74, 6) is 0.232. The molecule has 11 heteroatoms. The summed E-state index contributed by atoms with van der Waals surface area (Å²) in [5, 5.41) is 17.2. The van der Waals surface area contributed by atoms with E-state index in [4.69, 9.17) is 34.5 Å². The molecule has 4 rings (SSSR count). The summed E-state index contributed by atoms with van der Waals surface area (Å²) in [4.78, 5) is 30.1. The molecule has 1 aliphatic rings. The molecule has 2 heterocycles. The summed E-state index contributed by atoms with van der Waals surface area (Å²) >= 11 is 12.3. The zero-order chi connectivity index (χ0) is 23.5. The molecule has 0 aliphatic carbocycles. The quantitative estimate of drug-likeness (QED) is 0.285. The van der Waals surface area contributed by atoms with Crippen molar-refractivity contribution in [2.24, 2.45) is 5.73 Å². The van der Waals surface area contributed by atoms with Crippen molar-refractivity contribution < 1.29 is 9.72 Å². The molecule has 3 aromatic rings. The lowest BCUT2D eigenvalue weighted by atomic mass is 9.97. The van der Waals surface area contributed by atoms with Crippen LogP contribution in [-0.2, 0) is 0 Å². The van der Waals surface area contributed by atoms with Gasteiger partial charge in [0.25, 0.3) is 11.6 Å². The number of amides is 1. The topological polar surface area (TPSA) is 114 Å². The van der Waals surface area contributed by atoms with Gasteiger partial charge in [-0.2, -0.15) is 0 Å². The van der Waals surface area contributed by atoms with Crippen LogP contribution in [0.4, 0.5) is 11.4 Å². The molecule has 0 unspecified atom stereocenters. The number of benzene rings is 2. The van der Waals surface area contributed by atoms with Crippen molar-refractivity contribution in [1.29, 1.82) is 0 Å². The monoisotopic (exact) mass is 501 g/mol. The van der Waals surface area contributed by atoms with Gasteiger partial charge in [-0.05, 0) is 55.4 Å². The van der Waals surface area contributed by atoms with Gasteiger partial charge in [0.1, 0.15) is 5.02 Å². The molecular weight excluding hydrogens is 482 g/mol. The summed E-state index contributed by atoms with van der Waals surface area (Å²) in [7, 11) is 0. The molecule has 1 saturated heterocycles. The second-order valence-electron chi connectivity index (χ2n) is 7.63. The van der Waals surface area contributed by atoms with E-state index in [2.05, 4.69) is 5.32 Å². The molecule has 0 saturated carbocycles. The van der Waals surface area contributed by atoms with Crippen molar-refractivity contribution in [3.05, 3.63) is 73.6 Å². The number of likely N-dealkylation sites (tertiary alicyclic amines) is 1. The van der Waals surface area contributed by atoms with Crippen LogP contribution in [0.5, 0.6) is 0 Å². The van der Waals surface area contributed by atoms with Crippen LogP contribution in [-0.4, -0.2) is 38.9 Å². The van der Waals surface area contributed by atoms with Crippen LogP contribution >= 0.6 is 35.2 Å². The van der Waals surface area contributed by atoms with Crippen LogP contribution in [0.1, 0.15) is 34.1 Å². The number of rotatable bonds is 5. The number of anilines is 1. The molecule has 0 radical (unpaired) electrons. The molecule has 3 N–H and O–H groups in total. The Bertz CT molecular complexity index is 1210. The average molecular weight is 502 g/mol. The number of hydrogen-bond acceptors (Lipinski definition) is 6. The molecular formula is C22H20ClN5O3S2. The van der Waals surface area contributed by atoms with Crippen LogP contribution in [0.25, 0.3) is 11.3 Å². The number of carbonyl (C=O) groups excluding carboxylic acids is 1. The number of thiazole rings is 1. The number of nitrogens with two attached hydrogens (primary N) is 1. The maximum atomic E-state index is 12.9. The van der Waals surface area contributed by atoms with Crippen molar-refractivity contribution >= 4 is 57.5 Å². The third-order valence-electron chi connectivity index (χ3n) is 5.49. The van der Waals surface area contributed by atoms with Gasteiger partial charge in [0.15, 0.2) is 5.11 Å². The lowest BCUT2D eigenvalue weighted by Gasteiger charge is -2.31. The predicted molar refractivity (Wildman–Crippen MR) is 134 cm³/mol. The first-order valence-electron chi connectivity index (χ1n) is 10.2. The molecule has 33 heavy (non-hydrogen) atoms. The Labute approximate surface area is 204 Å². The second-order valence-corrected chi connectivity index (χ2v) is 9.36. The normalized spacial score (nSPS) is 14.2. The first kappa shape index (κ1) is 23.1. The molecule has 1 fully saturated rings. The van der Waals surface area contributed by atoms with Crippen LogP contribution in [0, 0.1) is 10.1 Å². The van der Waals surface area contributed by atoms with E-state index in [0.29, 0.717) is 29.9 Å². The van der Waals surface area contributed by atoms with E-state index < -0.39 is 4.92 Å². The maximum absolute atomic E-state index is 12.9. The van der Waals surface area contributed by atoms with Crippen LogP contribution in [0.2, 0.25) is 5.02 Å². The van der Waals surface area contributed by atoms with Crippen LogP contribution in [0.15, 0.2) is 47.8 Å². The molecule has 170 valence electrons. The number of hydrogen-bond donors (Lipinski definition) is 2. The fourth-order valence-corrected chi connectivity index (χ4v) is 5.07. The lowest BCUT2D eigenvalue weighted by molar-refractivity contribution is -0.384. The Morgan fingerprint density at radius 3 is 2.58 bits per heavy atom. The number of piperidine rings is 1. The van der Waals surface area contributed by atoms with Gasteiger partial charge >= 0.3 is 0 Å². The van der Waals surface area contributed by atoms with Crippen molar-refractivity contribution in [1.82, 2.24) is 9.88 Å². The predicted octanol–water partition coefficient (Wildman–Crippen LogP) is 5.05. The molecule has 1 aromatic heterocycles. The van der Waals surface area contributed by atoms with E-state index in [1.165, 1.54) is 23.5 Å². The lowest BCUT2D eigenvalue weighted by Crippen LogP contribution is -2.37. The van der Waals surface area contributed by atoms with Gasteiger partial charge in [0, 0.05) is 47.3 Å². The molecule has 0 bridgehead atoms. The SMILES string of the molecule is NC(=S)Nc1ccc(C(=O)N2CCC(c3nc(-c4ccc(Cl)c([N+](=O)[O-])c4)cs3)CC2)cc1. The van der Waals surface area contributed by atoms with E-state index in [1.807, 2.05) is 10.3 Å². The molecule has 1 aliphatic heterocycles. The highest BCUT2D eigenvalue weighted by Crippen LogP contribution is 2.35. The van der Waals surface area contributed by atoms with E-state index >= 15 is 0 Å². The van der Waals surface area contributed by atoms with Gasteiger partial charge in [-0.15, -0.1) is 11.3 Å². The molecule has 1 amide bonds. The minimum Gasteiger partial charge on any atom is -0.376 e. The van der Waals surface area contributed by atoms with Gasteiger partial charge in [-0.25, -0.2) is 4.98 Å². The van der Waals surface area contributed by atoms with E-state index in [0.717, 1.165) is 23.5 Å². The zero-order valence-electron chi connectivity index (χ0n) is 17.4. The van der Waals surface area contributed by atoms with Crippen molar-refractivity contribution in [3.63, 3.8) is 0 Å². The number of carbonyl (C=O) groups is 1. The number of aromatic nitrogens is 1. The van der Waals surface area contributed by atoms with Crippen LogP contribution < -0.4 is 11.1 Å². The van der Waals surface area contributed by atoms with Gasteiger partial charge in [0.05, 0.1) is 15.6 Å². The van der Waals surface area contributed by atoms with Gasteiger partial charge in [0.2, 0.25) is 0 Å². The average Bonchev–Trinajstić information content (AvgIpc) is 3.29. The van der Waals surface area contributed by atoms with E-state index in [1.54, 1.807) is 30.3 Å². The molecule has 2 aromatic carbocycles. The molecule has 0 spiro atoms. The van der Waals surface area contributed by atoms with Crippen LogP contribution in [0.3, 0.4) is 0 Å². The Morgan fingerprint density at radius 2 is 1.94 bits per heavy atom. The minimum atomic E-state index is -0.497. The Balaban J connectivity index is 1.39.